The lowest BCUT2D eigenvalue weighted by atomic mass is 10.0. The normalized spacial score (nSPS) is 31.7. The minimum Gasteiger partial charge on any atom is -0.295 e. The van der Waals surface area contributed by atoms with Gasteiger partial charge in [-0.05, 0) is 41.5 Å². The van der Waals surface area contributed by atoms with E-state index >= 15 is 0 Å². The van der Waals surface area contributed by atoms with Gasteiger partial charge in [-0.1, -0.05) is 0 Å². The molecule has 2 atom stereocenters. The van der Waals surface area contributed by atoms with Crippen molar-refractivity contribution in [3.63, 3.8) is 0 Å². The predicted octanol–water partition coefficient (Wildman–Crippen LogP) is 2.20. The SMILES string of the molecule is CC(C)N1CCN(C(C)C)C(C)C1C. The van der Waals surface area contributed by atoms with Gasteiger partial charge in [0.05, 0.1) is 0 Å². The molecule has 2 unspecified atom stereocenters. The Morgan fingerprint density at radius 1 is 0.786 bits per heavy atom. The molecule has 0 N–H and O–H groups in total. The van der Waals surface area contributed by atoms with E-state index in [1.165, 1.54) is 13.1 Å². The van der Waals surface area contributed by atoms with Crippen molar-refractivity contribution in [1.29, 1.82) is 0 Å². The molecular formula is C12H26N2. The molecule has 1 rings (SSSR count). The molecule has 0 aliphatic carbocycles. The van der Waals surface area contributed by atoms with Gasteiger partial charge in [-0.3, -0.25) is 9.80 Å². The lowest BCUT2D eigenvalue weighted by Gasteiger charge is -2.48. The van der Waals surface area contributed by atoms with Crippen LogP contribution in [0, 0.1) is 0 Å². The second-order valence-corrected chi connectivity index (χ2v) is 5.14. The Balaban J connectivity index is 2.64. The summed E-state index contributed by atoms with van der Waals surface area (Å²) in [5.41, 5.74) is 0. The summed E-state index contributed by atoms with van der Waals surface area (Å²) in [5.74, 6) is 0. The summed E-state index contributed by atoms with van der Waals surface area (Å²) in [5, 5.41) is 0. The highest BCUT2D eigenvalue weighted by molar-refractivity contribution is 4.88. The average molecular weight is 198 g/mol. The standard InChI is InChI=1S/C12H26N2/c1-9(2)13-7-8-14(10(3)4)12(6)11(13)5/h9-12H,7-8H2,1-6H3. The number of hydrogen-bond donors (Lipinski definition) is 0. The van der Waals surface area contributed by atoms with Crippen molar-refractivity contribution in [1.82, 2.24) is 9.80 Å². The van der Waals surface area contributed by atoms with Gasteiger partial charge in [-0.2, -0.15) is 0 Å². The maximum atomic E-state index is 2.61. The van der Waals surface area contributed by atoms with Gasteiger partial charge in [0, 0.05) is 37.3 Å². The first-order chi connectivity index (χ1) is 6.45. The molecule has 0 radical (unpaired) electrons. The molecule has 1 aliphatic heterocycles. The monoisotopic (exact) mass is 198 g/mol. The van der Waals surface area contributed by atoms with E-state index in [2.05, 4.69) is 51.3 Å². The first-order valence-electron chi connectivity index (χ1n) is 5.96. The summed E-state index contributed by atoms with van der Waals surface area (Å²) in [6.07, 6.45) is 0. The van der Waals surface area contributed by atoms with Crippen LogP contribution in [0.2, 0.25) is 0 Å². The van der Waals surface area contributed by atoms with Crippen LogP contribution in [0.15, 0.2) is 0 Å². The quantitative estimate of drug-likeness (QED) is 0.671. The number of rotatable bonds is 2. The van der Waals surface area contributed by atoms with Gasteiger partial charge in [0.25, 0.3) is 0 Å². The Morgan fingerprint density at radius 3 is 1.29 bits per heavy atom. The number of nitrogens with zero attached hydrogens (tertiary/aromatic N) is 2. The molecule has 14 heavy (non-hydrogen) atoms. The molecule has 1 heterocycles. The van der Waals surface area contributed by atoms with E-state index in [4.69, 9.17) is 0 Å². The summed E-state index contributed by atoms with van der Waals surface area (Å²) < 4.78 is 0. The summed E-state index contributed by atoms with van der Waals surface area (Å²) in [7, 11) is 0. The fourth-order valence-electron chi connectivity index (χ4n) is 2.65. The zero-order chi connectivity index (χ0) is 10.9. The van der Waals surface area contributed by atoms with Crippen molar-refractivity contribution < 1.29 is 0 Å². The molecule has 0 saturated carbocycles. The van der Waals surface area contributed by atoms with Gasteiger partial charge in [0.1, 0.15) is 0 Å². The Bertz CT molecular complexity index is 157. The van der Waals surface area contributed by atoms with Gasteiger partial charge in [0.15, 0.2) is 0 Å². The highest BCUT2D eigenvalue weighted by atomic mass is 15.3. The molecule has 84 valence electrons. The van der Waals surface area contributed by atoms with E-state index in [1.54, 1.807) is 0 Å². The van der Waals surface area contributed by atoms with Crippen LogP contribution in [-0.4, -0.2) is 47.1 Å². The van der Waals surface area contributed by atoms with Crippen LogP contribution in [0.25, 0.3) is 0 Å². The lowest BCUT2D eigenvalue weighted by Crippen LogP contribution is -2.60. The fraction of sp³-hybridized carbons (Fsp3) is 1.00. The smallest absolute Gasteiger partial charge is 0.0223 e. The Morgan fingerprint density at radius 2 is 1.07 bits per heavy atom. The van der Waals surface area contributed by atoms with E-state index in [0.717, 1.165) is 0 Å². The molecule has 0 spiro atoms. The molecule has 2 heteroatoms. The largest absolute Gasteiger partial charge is 0.295 e. The molecule has 0 bridgehead atoms. The second kappa shape index (κ2) is 4.63. The third-order valence-corrected chi connectivity index (χ3v) is 3.69. The first kappa shape index (κ1) is 12.0. The molecular weight excluding hydrogens is 172 g/mol. The van der Waals surface area contributed by atoms with Gasteiger partial charge in [-0.25, -0.2) is 0 Å². The van der Waals surface area contributed by atoms with Crippen LogP contribution in [0.1, 0.15) is 41.5 Å². The maximum Gasteiger partial charge on any atom is 0.0223 e. The van der Waals surface area contributed by atoms with Crippen molar-refractivity contribution in [2.75, 3.05) is 13.1 Å². The molecule has 2 nitrogen and oxygen atoms in total. The zero-order valence-electron chi connectivity index (χ0n) is 10.6. The fourth-order valence-corrected chi connectivity index (χ4v) is 2.65. The molecule has 1 fully saturated rings. The van der Waals surface area contributed by atoms with Crippen LogP contribution in [0.3, 0.4) is 0 Å². The second-order valence-electron chi connectivity index (χ2n) is 5.14. The molecule has 1 saturated heterocycles. The third kappa shape index (κ3) is 2.29. The lowest BCUT2D eigenvalue weighted by molar-refractivity contribution is 0.00129. The van der Waals surface area contributed by atoms with Crippen molar-refractivity contribution in [2.45, 2.75) is 65.7 Å². The van der Waals surface area contributed by atoms with E-state index in [1.807, 2.05) is 0 Å². The zero-order valence-corrected chi connectivity index (χ0v) is 10.6. The predicted molar refractivity (Wildman–Crippen MR) is 62.6 cm³/mol. The maximum absolute atomic E-state index is 2.61. The van der Waals surface area contributed by atoms with Crippen molar-refractivity contribution in [2.24, 2.45) is 0 Å². The number of hydrogen-bond acceptors (Lipinski definition) is 2. The van der Waals surface area contributed by atoms with E-state index in [9.17, 15) is 0 Å². The Labute approximate surface area is 89.3 Å². The van der Waals surface area contributed by atoms with Gasteiger partial charge < -0.3 is 0 Å². The van der Waals surface area contributed by atoms with Crippen molar-refractivity contribution in [3.8, 4) is 0 Å². The van der Waals surface area contributed by atoms with E-state index in [-0.39, 0.29) is 0 Å². The Hall–Kier alpha value is -0.0800. The summed E-state index contributed by atoms with van der Waals surface area (Å²) >= 11 is 0. The first-order valence-corrected chi connectivity index (χ1v) is 5.96. The molecule has 0 amide bonds. The summed E-state index contributed by atoms with van der Waals surface area (Å²) in [4.78, 5) is 5.23. The van der Waals surface area contributed by atoms with Crippen LogP contribution < -0.4 is 0 Å². The topological polar surface area (TPSA) is 6.48 Å². The Kier molecular flexibility index (Phi) is 3.96. The molecule has 1 aliphatic rings. The van der Waals surface area contributed by atoms with Crippen molar-refractivity contribution in [3.05, 3.63) is 0 Å². The summed E-state index contributed by atoms with van der Waals surface area (Å²) in [6, 6.07) is 2.74. The molecule has 0 aromatic carbocycles. The minimum absolute atomic E-state index is 0.682. The molecule has 0 aromatic rings. The third-order valence-electron chi connectivity index (χ3n) is 3.69. The highest BCUT2D eigenvalue weighted by Crippen LogP contribution is 2.20. The molecule has 0 aromatic heterocycles. The van der Waals surface area contributed by atoms with E-state index in [0.29, 0.717) is 24.2 Å². The van der Waals surface area contributed by atoms with Crippen LogP contribution in [0.5, 0.6) is 0 Å². The van der Waals surface area contributed by atoms with Crippen molar-refractivity contribution >= 4 is 0 Å². The van der Waals surface area contributed by atoms with E-state index < -0.39 is 0 Å². The van der Waals surface area contributed by atoms with Gasteiger partial charge in [-0.15, -0.1) is 0 Å². The summed E-state index contributed by atoms with van der Waals surface area (Å²) in [6.45, 7) is 16.4. The van der Waals surface area contributed by atoms with Crippen LogP contribution in [-0.2, 0) is 0 Å². The number of piperazine rings is 1. The van der Waals surface area contributed by atoms with Gasteiger partial charge >= 0.3 is 0 Å². The minimum atomic E-state index is 0.682. The average Bonchev–Trinajstić information content (AvgIpc) is 2.08. The van der Waals surface area contributed by atoms with Gasteiger partial charge in [0.2, 0.25) is 0 Å². The highest BCUT2D eigenvalue weighted by Gasteiger charge is 2.32. The van der Waals surface area contributed by atoms with Crippen LogP contribution in [0.4, 0.5) is 0 Å². The van der Waals surface area contributed by atoms with Crippen LogP contribution >= 0.6 is 0 Å².